The van der Waals surface area contributed by atoms with Gasteiger partial charge in [0.05, 0.1) is 18.6 Å². The van der Waals surface area contributed by atoms with Crippen LogP contribution in [-0.2, 0) is 4.79 Å². The molecule has 0 aliphatic carbocycles. The first-order valence-electron chi connectivity index (χ1n) is 9.36. The molecule has 0 saturated carbocycles. The van der Waals surface area contributed by atoms with Crippen LogP contribution in [0, 0.1) is 0 Å². The van der Waals surface area contributed by atoms with Crippen molar-refractivity contribution in [3.8, 4) is 28.6 Å². The van der Waals surface area contributed by atoms with Crippen LogP contribution < -0.4 is 10.1 Å². The summed E-state index contributed by atoms with van der Waals surface area (Å²) in [5.41, 5.74) is 2.06. The summed E-state index contributed by atoms with van der Waals surface area (Å²) in [6.07, 6.45) is 3.40. The minimum atomic E-state index is -0.229. The average Bonchev–Trinajstić information content (AvgIpc) is 3.22. The van der Waals surface area contributed by atoms with Crippen LogP contribution >= 0.6 is 11.8 Å². The second-order valence-electron chi connectivity index (χ2n) is 6.44. The molecule has 156 valence electrons. The number of hydrogen-bond donors (Lipinski definition) is 2. The van der Waals surface area contributed by atoms with Gasteiger partial charge in [-0.25, -0.2) is 0 Å². The number of nitrogens with one attached hydrogen (secondary N) is 1. The number of rotatable bonds is 7. The number of nitrogens with zero attached hydrogens (tertiary/aromatic N) is 4. The Morgan fingerprint density at radius 1 is 1.13 bits per heavy atom. The standard InChI is InChI=1S/C22H19N5O3S/c1-30-19-10-3-2-9-18(19)27-21(15-6-5-11-23-13-15)25-26-22(27)31-14-20(29)24-16-7-4-8-17(28)12-16/h2-13,28H,14H2,1H3,(H,24,29). The lowest BCUT2D eigenvalue weighted by molar-refractivity contribution is -0.113. The lowest BCUT2D eigenvalue weighted by atomic mass is 10.2. The van der Waals surface area contributed by atoms with E-state index in [4.69, 9.17) is 4.74 Å². The van der Waals surface area contributed by atoms with E-state index in [1.165, 1.54) is 17.8 Å². The number of pyridine rings is 1. The molecule has 0 aliphatic rings. The number of ether oxygens (including phenoxy) is 1. The minimum Gasteiger partial charge on any atom is -0.508 e. The molecule has 4 rings (SSSR count). The number of carbonyl (C=O) groups excluding carboxylic acids is 1. The number of methoxy groups -OCH3 is 1. The van der Waals surface area contributed by atoms with Crippen molar-refractivity contribution < 1.29 is 14.6 Å². The van der Waals surface area contributed by atoms with Gasteiger partial charge in [0.15, 0.2) is 11.0 Å². The largest absolute Gasteiger partial charge is 0.508 e. The van der Waals surface area contributed by atoms with Crippen LogP contribution in [0.1, 0.15) is 0 Å². The van der Waals surface area contributed by atoms with Crippen molar-refractivity contribution in [2.24, 2.45) is 0 Å². The highest BCUT2D eigenvalue weighted by atomic mass is 32.2. The quantitative estimate of drug-likeness (QED) is 0.428. The number of aromatic nitrogens is 4. The fourth-order valence-electron chi connectivity index (χ4n) is 2.99. The number of anilines is 1. The Hall–Kier alpha value is -3.85. The first-order chi connectivity index (χ1) is 15.2. The zero-order chi connectivity index (χ0) is 21.6. The number of para-hydroxylation sites is 2. The Morgan fingerprint density at radius 2 is 2.00 bits per heavy atom. The second-order valence-corrected chi connectivity index (χ2v) is 7.38. The van der Waals surface area contributed by atoms with E-state index in [1.54, 1.807) is 37.7 Å². The number of phenolic OH excluding ortho intramolecular Hbond substituents is 1. The molecular formula is C22H19N5O3S. The van der Waals surface area contributed by atoms with Gasteiger partial charge in [-0.1, -0.05) is 30.0 Å². The summed E-state index contributed by atoms with van der Waals surface area (Å²) in [4.78, 5) is 16.6. The molecule has 0 radical (unpaired) electrons. The molecule has 31 heavy (non-hydrogen) atoms. The lowest BCUT2D eigenvalue weighted by Crippen LogP contribution is -2.14. The molecule has 2 aromatic carbocycles. The smallest absolute Gasteiger partial charge is 0.234 e. The number of aromatic hydroxyl groups is 1. The number of phenols is 1. The first kappa shape index (κ1) is 20.4. The molecule has 0 fully saturated rings. The molecule has 0 bridgehead atoms. The van der Waals surface area contributed by atoms with Gasteiger partial charge < -0.3 is 15.2 Å². The van der Waals surface area contributed by atoms with Crippen molar-refractivity contribution in [3.63, 3.8) is 0 Å². The van der Waals surface area contributed by atoms with E-state index in [0.29, 0.717) is 22.4 Å². The minimum absolute atomic E-state index is 0.0856. The van der Waals surface area contributed by atoms with Crippen molar-refractivity contribution in [3.05, 3.63) is 73.1 Å². The summed E-state index contributed by atoms with van der Waals surface area (Å²) < 4.78 is 7.38. The highest BCUT2D eigenvalue weighted by Crippen LogP contribution is 2.32. The predicted octanol–water partition coefficient (Wildman–Crippen LogP) is 3.77. The van der Waals surface area contributed by atoms with Gasteiger partial charge in [0.25, 0.3) is 0 Å². The number of carbonyl (C=O) groups is 1. The molecule has 8 nitrogen and oxygen atoms in total. The van der Waals surface area contributed by atoms with Gasteiger partial charge in [-0.15, -0.1) is 10.2 Å². The first-order valence-corrected chi connectivity index (χ1v) is 10.3. The summed E-state index contributed by atoms with van der Waals surface area (Å²) in [7, 11) is 1.60. The molecule has 0 saturated heterocycles. The lowest BCUT2D eigenvalue weighted by Gasteiger charge is -2.13. The highest BCUT2D eigenvalue weighted by Gasteiger charge is 2.20. The van der Waals surface area contributed by atoms with Crippen LogP contribution in [0.4, 0.5) is 5.69 Å². The fourth-order valence-corrected chi connectivity index (χ4v) is 3.73. The molecular weight excluding hydrogens is 414 g/mol. The van der Waals surface area contributed by atoms with E-state index in [9.17, 15) is 9.90 Å². The summed E-state index contributed by atoms with van der Waals surface area (Å²) in [6, 6.07) is 17.7. The van der Waals surface area contributed by atoms with Crippen molar-refractivity contribution in [2.45, 2.75) is 5.16 Å². The van der Waals surface area contributed by atoms with Crippen LogP contribution in [-0.4, -0.2) is 43.6 Å². The molecule has 2 N–H and O–H groups in total. The van der Waals surface area contributed by atoms with E-state index >= 15 is 0 Å². The van der Waals surface area contributed by atoms with Gasteiger partial charge in [-0.05, 0) is 36.4 Å². The van der Waals surface area contributed by atoms with Crippen molar-refractivity contribution >= 4 is 23.4 Å². The van der Waals surface area contributed by atoms with Gasteiger partial charge in [-0.2, -0.15) is 0 Å². The molecule has 0 unspecified atom stereocenters. The van der Waals surface area contributed by atoms with Crippen LogP contribution in [0.15, 0.2) is 78.2 Å². The summed E-state index contributed by atoms with van der Waals surface area (Å²) >= 11 is 1.25. The maximum absolute atomic E-state index is 12.4. The zero-order valence-electron chi connectivity index (χ0n) is 16.6. The van der Waals surface area contributed by atoms with Crippen LogP contribution in [0.25, 0.3) is 17.1 Å². The van der Waals surface area contributed by atoms with Crippen molar-refractivity contribution in [1.29, 1.82) is 0 Å². The number of amides is 1. The molecule has 2 aromatic heterocycles. The van der Waals surface area contributed by atoms with Gasteiger partial charge >= 0.3 is 0 Å². The number of benzene rings is 2. The molecule has 1 amide bonds. The molecule has 9 heteroatoms. The van der Waals surface area contributed by atoms with Gasteiger partial charge in [0.1, 0.15) is 11.5 Å². The molecule has 2 heterocycles. The Kier molecular flexibility index (Phi) is 6.13. The third kappa shape index (κ3) is 4.67. The highest BCUT2D eigenvalue weighted by molar-refractivity contribution is 7.99. The van der Waals surface area contributed by atoms with Crippen LogP contribution in [0.2, 0.25) is 0 Å². The fraction of sp³-hybridized carbons (Fsp3) is 0.0909. The van der Waals surface area contributed by atoms with Gasteiger partial charge in [0, 0.05) is 29.7 Å². The predicted molar refractivity (Wildman–Crippen MR) is 119 cm³/mol. The Bertz CT molecular complexity index is 1200. The number of hydrogen-bond acceptors (Lipinski definition) is 7. The molecule has 4 aromatic rings. The van der Waals surface area contributed by atoms with E-state index in [1.807, 2.05) is 41.0 Å². The third-order valence-corrected chi connectivity index (χ3v) is 5.27. The summed E-state index contributed by atoms with van der Waals surface area (Å²) in [5, 5.41) is 21.5. The van der Waals surface area contributed by atoms with Crippen molar-refractivity contribution in [1.82, 2.24) is 19.7 Å². The van der Waals surface area contributed by atoms with E-state index in [-0.39, 0.29) is 17.4 Å². The number of thioether (sulfide) groups is 1. The van der Waals surface area contributed by atoms with Crippen LogP contribution in [0.5, 0.6) is 11.5 Å². The maximum atomic E-state index is 12.4. The van der Waals surface area contributed by atoms with E-state index in [2.05, 4.69) is 20.5 Å². The molecule has 0 spiro atoms. The Balaban J connectivity index is 1.63. The summed E-state index contributed by atoms with van der Waals surface area (Å²) in [5.74, 6) is 1.21. The Morgan fingerprint density at radius 3 is 2.77 bits per heavy atom. The average molecular weight is 433 g/mol. The van der Waals surface area contributed by atoms with Crippen LogP contribution in [0.3, 0.4) is 0 Å². The van der Waals surface area contributed by atoms with Gasteiger partial charge in [0.2, 0.25) is 5.91 Å². The van der Waals surface area contributed by atoms with Crippen molar-refractivity contribution in [2.75, 3.05) is 18.2 Å². The Labute approximate surface area is 182 Å². The summed E-state index contributed by atoms with van der Waals surface area (Å²) in [6.45, 7) is 0. The normalized spacial score (nSPS) is 10.6. The zero-order valence-corrected chi connectivity index (χ0v) is 17.4. The van der Waals surface area contributed by atoms with E-state index in [0.717, 1.165) is 11.3 Å². The molecule has 0 atom stereocenters. The van der Waals surface area contributed by atoms with E-state index < -0.39 is 0 Å². The maximum Gasteiger partial charge on any atom is 0.234 e. The third-order valence-electron chi connectivity index (χ3n) is 4.34. The van der Waals surface area contributed by atoms with Gasteiger partial charge in [-0.3, -0.25) is 14.3 Å². The monoisotopic (exact) mass is 433 g/mol. The molecule has 0 aliphatic heterocycles. The SMILES string of the molecule is COc1ccccc1-n1c(SCC(=O)Nc2cccc(O)c2)nnc1-c1cccnc1. The topological polar surface area (TPSA) is 102 Å². The second kappa shape index (κ2) is 9.31.